The van der Waals surface area contributed by atoms with Gasteiger partial charge in [0, 0.05) is 11.3 Å². The molecule has 0 heterocycles. The molecule has 0 saturated heterocycles. The molecule has 0 bridgehead atoms. The van der Waals surface area contributed by atoms with Gasteiger partial charge in [0.2, 0.25) is 0 Å². The summed E-state index contributed by atoms with van der Waals surface area (Å²) in [6.07, 6.45) is 0. The third-order valence-corrected chi connectivity index (χ3v) is 4.97. The van der Waals surface area contributed by atoms with E-state index in [2.05, 4.69) is 15.8 Å². The Morgan fingerprint density at radius 1 is 0.824 bits per heavy atom. The normalized spacial score (nSPS) is 10.9. The molecular formula is C26H25N3O5. The van der Waals surface area contributed by atoms with Gasteiger partial charge in [-0.1, -0.05) is 30.3 Å². The average molecular weight is 460 g/mol. The predicted octanol–water partition coefficient (Wildman–Crippen LogP) is 4.01. The van der Waals surface area contributed by atoms with E-state index in [-0.39, 0.29) is 5.75 Å². The summed E-state index contributed by atoms with van der Waals surface area (Å²) in [5.41, 5.74) is 6.05. The molecule has 0 atom stereocenters. The summed E-state index contributed by atoms with van der Waals surface area (Å²) in [5.74, 6) is -1.69. The molecule has 0 aliphatic rings. The van der Waals surface area contributed by atoms with Crippen molar-refractivity contribution in [1.82, 2.24) is 5.43 Å². The van der Waals surface area contributed by atoms with Gasteiger partial charge >= 0.3 is 17.8 Å². The Balaban J connectivity index is 1.67. The highest BCUT2D eigenvalue weighted by molar-refractivity contribution is 6.39. The molecule has 2 amide bonds. The number of hydrogen-bond acceptors (Lipinski definition) is 6. The molecule has 0 unspecified atom stereocenters. The van der Waals surface area contributed by atoms with Crippen LogP contribution in [0, 0.1) is 13.8 Å². The highest BCUT2D eigenvalue weighted by Crippen LogP contribution is 2.29. The average Bonchev–Trinajstić information content (AvgIpc) is 2.85. The topological polar surface area (TPSA) is 106 Å². The highest BCUT2D eigenvalue weighted by Gasteiger charge is 2.16. The third-order valence-electron chi connectivity index (χ3n) is 4.97. The third kappa shape index (κ3) is 6.07. The van der Waals surface area contributed by atoms with Crippen LogP contribution in [-0.2, 0) is 9.59 Å². The van der Waals surface area contributed by atoms with Gasteiger partial charge < -0.3 is 14.8 Å². The first-order chi connectivity index (χ1) is 16.3. The number of nitrogens with one attached hydrogen (secondary N) is 2. The van der Waals surface area contributed by atoms with Gasteiger partial charge in [0.25, 0.3) is 0 Å². The molecule has 3 aromatic carbocycles. The number of rotatable bonds is 6. The van der Waals surface area contributed by atoms with Crippen LogP contribution in [0.3, 0.4) is 0 Å². The van der Waals surface area contributed by atoms with Crippen molar-refractivity contribution in [2.75, 3.05) is 12.4 Å². The Bertz CT molecular complexity index is 1250. The Morgan fingerprint density at radius 2 is 1.56 bits per heavy atom. The van der Waals surface area contributed by atoms with E-state index in [1.54, 1.807) is 61.5 Å². The molecule has 34 heavy (non-hydrogen) atoms. The number of hydrogen-bond donors (Lipinski definition) is 2. The number of nitrogens with zero attached hydrogens (tertiary/aromatic N) is 1. The van der Waals surface area contributed by atoms with E-state index in [0.717, 1.165) is 11.1 Å². The first kappa shape index (κ1) is 24.2. The molecule has 0 saturated carbocycles. The monoisotopic (exact) mass is 459 g/mol. The van der Waals surface area contributed by atoms with Crippen molar-refractivity contribution in [1.29, 1.82) is 0 Å². The van der Waals surface area contributed by atoms with Crippen molar-refractivity contribution in [2.45, 2.75) is 20.8 Å². The largest absolute Gasteiger partial charge is 0.493 e. The van der Waals surface area contributed by atoms with Gasteiger partial charge in [-0.15, -0.1) is 0 Å². The zero-order valence-electron chi connectivity index (χ0n) is 19.3. The van der Waals surface area contributed by atoms with E-state index >= 15 is 0 Å². The van der Waals surface area contributed by atoms with Crippen molar-refractivity contribution in [2.24, 2.45) is 5.10 Å². The maximum absolute atomic E-state index is 12.3. The Labute approximate surface area is 197 Å². The molecule has 3 aromatic rings. The van der Waals surface area contributed by atoms with Crippen LogP contribution in [0.2, 0.25) is 0 Å². The fraction of sp³-hybridized carbons (Fsp3) is 0.154. The molecule has 2 N–H and O–H groups in total. The Hall–Kier alpha value is -4.46. The smallest absolute Gasteiger partial charge is 0.343 e. The number of amides is 2. The number of anilines is 1. The van der Waals surface area contributed by atoms with Crippen molar-refractivity contribution < 1.29 is 23.9 Å². The lowest BCUT2D eigenvalue weighted by atomic mass is 10.1. The van der Waals surface area contributed by atoms with Gasteiger partial charge in [-0.25, -0.2) is 10.2 Å². The van der Waals surface area contributed by atoms with E-state index in [1.165, 1.54) is 7.11 Å². The Morgan fingerprint density at radius 3 is 2.26 bits per heavy atom. The highest BCUT2D eigenvalue weighted by atomic mass is 16.6. The predicted molar refractivity (Wildman–Crippen MR) is 129 cm³/mol. The number of carbonyl (C=O) groups is 3. The van der Waals surface area contributed by atoms with Gasteiger partial charge in [0.05, 0.1) is 18.4 Å². The van der Waals surface area contributed by atoms with Gasteiger partial charge in [-0.3, -0.25) is 9.59 Å². The fourth-order valence-corrected chi connectivity index (χ4v) is 3.01. The molecule has 8 heteroatoms. The summed E-state index contributed by atoms with van der Waals surface area (Å²) in [5, 5.41) is 6.59. The van der Waals surface area contributed by atoms with Crippen LogP contribution in [0.4, 0.5) is 5.69 Å². The van der Waals surface area contributed by atoms with Crippen molar-refractivity contribution in [3.8, 4) is 11.5 Å². The molecule has 8 nitrogen and oxygen atoms in total. The van der Waals surface area contributed by atoms with Gasteiger partial charge in [0.1, 0.15) is 0 Å². The van der Waals surface area contributed by atoms with E-state index in [4.69, 9.17) is 9.47 Å². The minimum atomic E-state index is -0.902. The van der Waals surface area contributed by atoms with Crippen LogP contribution in [0.25, 0.3) is 0 Å². The molecule has 0 aliphatic heterocycles. The van der Waals surface area contributed by atoms with E-state index in [1.807, 2.05) is 26.0 Å². The van der Waals surface area contributed by atoms with Gasteiger partial charge in [-0.05, 0) is 68.3 Å². The molecule has 0 radical (unpaired) electrons. The quantitative estimate of drug-likeness (QED) is 0.190. The molecule has 0 fully saturated rings. The SMILES string of the molecule is COc1cc(/C(C)=N/NC(=O)C(=O)Nc2cc(C)ccc2C)ccc1OC(=O)c1ccccc1. The second-order valence-corrected chi connectivity index (χ2v) is 7.53. The Kier molecular flexibility index (Phi) is 7.76. The number of ether oxygens (including phenoxy) is 2. The van der Waals surface area contributed by atoms with Crippen molar-refractivity contribution in [3.63, 3.8) is 0 Å². The number of hydrazone groups is 1. The van der Waals surface area contributed by atoms with Gasteiger partial charge in [-0.2, -0.15) is 5.10 Å². The minimum Gasteiger partial charge on any atom is -0.493 e. The number of carbonyl (C=O) groups excluding carboxylic acids is 3. The van der Waals surface area contributed by atoms with Crippen molar-refractivity contribution in [3.05, 3.63) is 89.0 Å². The molecule has 0 spiro atoms. The zero-order chi connectivity index (χ0) is 24.7. The first-order valence-electron chi connectivity index (χ1n) is 10.5. The van der Waals surface area contributed by atoms with Crippen LogP contribution in [0.5, 0.6) is 11.5 Å². The van der Waals surface area contributed by atoms with E-state index in [9.17, 15) is 14.4 Å². The summed E-state index contributed by atoms with van der Waals surface area (Å²) < 4.78 is 10.8. The number of esters is 1. The summed E-state index contributed by atoms with van der Waals surface area (Å²) >= 11 is 0. The number of aryl methyl sites for hydroxylation is 2. The number of methoxy groups -OCH3 is 1. The lowest BCUT2D eigenvalue weighted by molar-refractivity contribution is -0.136. The van der Waals surface area contributed by atoms with Crippen LogP contribution in [0.1, 0.15) is 34.0 Å². The first-order valence-corrected chi connectivity index (χ1v) is 10.5. The molecule has 3 rings (SSSR count). The fourth-order valence-electron chi connectivity index (χ4n) is 3.01. The summed E-state index contributed by atoms with van der Waals surface area (Å²) in [6.45, 7) is 5.39. The molecular weight excluding hydrogens is 434 g/mol. The second kappa shape index (κ2) is 10.9. The van der Waals surface area contributed by atoms with Crippen LogP contribution in [0.15, 0.2) is 71.8 Å². The molecule has 174 valence electrons. The standard InChI is InChI=1S/C26H25N3O5/c1-16-10-11-17(2)21(14-16)27-24(30)25(31)29-28-18(3)20-12-13-22(23(15-20)33-4)34-26(32)19-8-6-5-7-9-19/h5-15H,1-4H3,(H,27,30)(H,29,31)/b28-18+. The molecule has 0 aromatic heterocycles. The van der Waals surface area contributed by atoms with Crippen LogP contribution >= 0.6 is 0 Å². The number of benzene rings is 3. The maximum atomic E-state index is 12.3. The van der Waals surface area contributed by atoms with E-state index in [0.29, 0.717) is 28.3 Å². The second-order valence-electron chi connectivity index (χ2n) is 7.53. The summed E-state index contributed by atoms with van der Waals surface area (Å²) in [4.78, 5) is 36.8. The van der Waals surface area contributed by atoms with E-state index < -0.39 is 17.8 Å². The lowest BCUT2D eigenvalue weighted by Crippen LogP contribution is -2.33. The zero-order valence-corrected chi connectivity index (χ0v) is 19.3. The summed E-state index contributed by atoms with van der Waals surface area (Å²) in [7, 11) is 1.45. The lowest BCUT2D eigenvalue weighted by Gasteiger charge is -2.11. The molecule has 0 aliphatic carbocycles. The van der Waals surface area contributed by atoms with Crippen molar-refractivity contribution >= 4 is 29.2 Å². The van der Waals surface area contributed by atoms with Crippen LogP contribution in [-0.4, -0.2) is 30.6 Å². The minimum absolute atomic E-state index is 0.241. The van der Waals surface area contributed by atoms with Crippen LogP contribution < -0.4 is 20.2 Å². The maximum Gasteiger partial charge on any atom is 0.343 e. The summed E-state index contributed by atoms with van der Waals surface area (Å²) in [6, 6.07) is 19.0. The van der Waals surface area contributed by atoms with Gasteiger partial charge in [0.15, 0.2) is 11.5 Å².